The molecule has 3 aromatic rings. The zero-order chi connectivity index (χ0) is 25.3. The molecule has 2 N–H and O–H groups in total. The predicted octanol–water partition coefficient (Wildman–Crippen LogP) is 5.43. The lowest BCUT2D eigenvalue weighted by molar-refractivity contribution is -0.124. The van der Waals surface area contributed by atoms with Crippen LogP contribution in [0.5, 0.6) is 5.75 Å². The smallest absolute Gasteiger partial charge is 0.267 e. The van der Waals surface area contributed by atoms with Gasteiger partial charge in [0.25, 0.3) is 5.91 Å². The average molecular weight is 522 g/mol. The van der Waals surface area contributed by atoms with Crippen LogP contribution in [0.2, 0.25) is 0 Å². The van der Waals surface area contributed by atoms with Crippen molar-refractivity contribution in [3.63, 3.8) is 0 Å². The maximum atomic E-state index is 13.8. The maximum absolute atomic E-state index is 13.8. The molecule has 0 atom stereocenters. The van der Waals surface area contributed by atoms with E-state index in [1.54, 1.807) is 19.2 Å². The second kappa shape index (κ2) is 10.1. The maximum Gasteiger partial charge on any atom is 0.267 e. The number of benzene rings is 3. The number of hydrogen-bond acceptors (Lipinski definition) is 6. The van der Waals surface area contributed by atoms with Gasteiger partial charge in [-0.15, -0.1) is 0 Å². The number of hydrogen-bond donors (Lipinski definition) is 1. The van der Waals surface area contributed by atoms with Crippen LogP contribution in [-0.4, -0.2) is 37.5 Å². The van der Waals surface area contributed by atoms with E-state index < -0.39 is 10.0 Å². The van der Waals surface area contributed by atoms with Crippen LogP contribution in [0.1, 0.15) is 37.7 Å². The number of primary sulfonamides is 1. The molecule has 186 valence electrons. The van der Waals surface area contributed by atoms with Crippen LogP contribution < -0.4 is 9.88 Å². The number of aliphatic imine (C=N–C) groups is 1. The monoisotopic (exact) mass is 521 g/mol. The van der Waals surface area contributed by atoms with E-state index in [0.29, 0.717) is 21.5 Å². The molecule has 2 aliphatic rings. The first-order chi connectivity index (χ1) is 17.3. The number of nitrogens with zero attached hydrogens (tertiary/aromatic N) is 2. The number of carbonyl (C=O) groups is 1. The van der Waals surface area contributed by atoms with E-state index in [4.69, 9.17) is 14.9 Å². The quantitative estimate of drug-likeness (QED) is 0.451. The molecular formula is C27H27N3O4S2. The number of thioether (sulfide) groups is 1. The van der Waals surface area contributed by atoms with Crippen molar-refractivity contribution in [3.05, 3.63) is 71.1 Å². The van der Waals surface area contributed by atoms with Gasteiger partial charge in [-0.05, 0) is 71.8 Å². The van der Waals surface area contributed by atoms with Gasteiger partial charge in [0.05, 0.1) is 22.6 Å². The first-order valence-electron chi connectivity index (χ1n) is 11.9. The lowest BCUT2D eigenvalue weighted by atomic mass is 9.94. The molecule has 1 saturated carbocycles. The molecule has 0 spiro atoms. The fourth-order valence-corrected chi connectivity index (χ4v) is 6.34. The number of carbonyl (C=O) groups excluding carboxylic acids is 1. The van der Waals surface area contributed by atoms with Gasteiger partial charge in [-0.2, -0.15) is 0 Å². The average Bonchev–Trinajstić information content (AvgIpc) is 3.18. The van der Waals surface area contributed by atoms with Crippen molar-refractivity contribution < 1.29 is 17.9 Å². The van der Waals surface area contributed by atoms with Crippen molar-refractivity contribution in [1.82, 2.24) is 4.90 Å². The molecule has 1 saturated heterocycles. The van der Waals surface area contributed by atoms with Gasteiger partial charge in [-0.25, -0.2) is 18.5 Å². The minimum absolute atomic E-state index is 0.0226. The third-order valence-electron chi connectivity index (χ3n) is 6.59. The first kappa shape index (κ1) is 24.5. The zero-order valence-electron chi connectivity index (χ0n) is 19.9. The molecular weight excluding hydrogens is 494 g/mol. The van der Waals surface area contributed by atoms with Gasteiger partial charge in [-0.3, -0.25) is 9.69 Å². The van der Waals surface area contributed by atoms with E-state index in [1.807, 2.05) is 47.4 Å². The Labute approximate surface area is 215 Å². The van der Waals surface area contributed by atoms with E-state index in [-0.39, 0.29) is 16.8 Å². The number of ether oxygens (including phenoxy) is 1. The van der Waals surface area contributed by atoms with Gasteiger partial charge in [0.15, 0.2) is 5.17 Å². The van der Waals surface area contributed by atoms with E-state index in [2.05, 4.69) is 0 Å². The Bertz CT molecular complexity index is 1470. The highest BCUT2D eigenvalue weighted by Gasteiger charge is 2.39. The summed E-state index contributed by atoms with van der Waals surface area (Å²) in [5.74, 6) is 0.629. The Morgan fingerprint density at radius 3 is 2.44 bits per heavy atom. The number of sulfonamides is 1. The fourth-order valence-electron chi connectivity index (χ4n) is 4.78. The van der Waals surface area contributed by atoms with E-state index >= 15 is 0 Å². The van der Waals surface area contributed by atoms with Crippen LogP contribution in [0.25, 0.3) is 16.8 Å². The summed E-state index contributed by atoms with van der Waals surface area (Å²) in [5, 5.41) is 7.89. The second-order valence-electron chi connectivity index (χ2n) is 8.91. The van der Waals surface area contributed by atoms with Crippen molar-refractivity contribution >= 4 is 55.4 Å². The number of amides is 1. The third kappa shape index (κ3) is 4.91. The predicted molar refractivity (Wildman–Crippen MR) is 145 cm³/mol. The zero-order valence-corrected chi connectivity index (χ0v) is 21.5. The van der Waals surface area contributed by atoms with Crippen LogP contribution in [0, 0.1) is 0 Å². The number of fused-ring (bicyclic) bond motifs is 1. The Morgan fingerprint density at radius 2 is 1.75 bits per heavy atom. The highest BCUT2D eigenvalue weighted by molar-refractivity contribution is 8.18. The Balaban J connectivity index is 1.58. The molecule has 1 heterocycles. The lowest BCUT2D eigenvalue weighted by Crippen LogP contribution is -2.40. The molecule has 1 aliphatic heterocycles. The molecule has 3 aromatic carbocycles. The van der Waals surface area contributed by atoms with Gasteiger partial charge < -0.3 is 4.74 Å². The van der Waals surface area contributed by atoms with E-state index in [1.165, 1.54) is 30.3 Å². The number of methoxy groups -OCH3 is 1. The second-order valence-corrected chi connectivity index (χ2v) is 11.5. The van der Waals surface area contributed by atoms with Gasteiger partial charge in [-0.1, -0.05) is 49.6 Å². The summed E-state index contributed by atoms with van der Waals surface area (Å²) in [7, 11) is -2.16. The molecule has 0 bridgehead atoms. The largest absolute Gasteiger partial charge is 0.496 e. The highest BCUT2D eigenvalue weighted by atomic mass is 32.2. The van der Waals surface area contributed by atoms with Gasteiger partial charge in [0.2, 0.25) is 10.0 Å². The first-order valence-corrected chi connectivity index (χ1v) is 14.2. The van der Waals surface area contributed by atoms with Crippen LogP contribution in [0.4, 0.5) is 5.69 Å². The fraction of sp³-hybridized carbons (Fsp3) is 0.259. The summed E-state index contributed by atoms with van der Waals surface area (Å²) in [6.45, 7) is 0. The minimum atomic E-state index is -3.79. The molecule has 0 unspecified atom stereocenters. The lowest BCUT2D eigenvalue weighted by Gasteiger charge is -2.30. The topological polar surface area (TPSA) is 102 Å². The summed E-state index contributed by atoms with van der Waals surface area (Å²) >= 11 is 1.34. The summed E-state index contributed by atoms with van der Waals surface area (Å²) in [6.07, 6.45) is 7.08. The SMILES string of the molecule is COc1ccc2ccccc2c1C=C1S/C(=N\c2ccc(S(N)(=O)=O)cc2)N(C2CCCCC2)C1=O. The van der Waals surface area contributed by atoms with E-state index in [0.717, 1.165) is 42.0 Å². The summed E-state index contributed by atoms with van der Waals surface area (Å²) in [6, 6.07) is 18.1. The molecule has 1 amide bonds. The third-order valence-corrected chi connectivity index (χ3v) is 8.50. The van der Waals surface area contributed by atoms with Crippen molar-refractivity contribution in [2.24, 2.45) is 10.1 Å². The molecule has 0 aromatic heterocycles. The van der Waals surface area contributed by atoms with Gasteiger partial charge in [0, 0.05) is 11.6 Å². The Morgan fingerprint density at radius 1 is 1.03 bits per heavy atom. The molecule has 0 radical (unpaired) electrons. The van der Waals surface area contributed by atoms with Crippen LogP contribution in [0.15, 0.2) is 75.5 Å². The number of amidine groups is 1. The highest BCUT2D eigenvalue weighted by Crippen LogP contribution is 2.40. The molecule has 5 rings (SSSR count). The van der Waals surface area contributed by atoms with Crippen molar-refractivity contribution in [2.45, 2.75) is 43.0 Å². The van der Waals surface area contributed by atoms with Gasteiger partial charge in [0.1, 0.15) is 5.75 Å². The molecule has 36 heavy (non-hydrogen) atoms. The van der Waals surface area contributed by atoms with Crippen LogP contribution >= 0.6 is 11.8 Å². The van der Waals surface area contributed by atoms with Crippen molar-refractivity contribution in [2.75, 3.05) is 7.11 Å². The molecule has 1 aliphatic carbocycles. The van der Waals surface area contributed by atoms with Crippen LogP contribution in [-0.2, 0) is 14.8 Å². The summed E-state index contributed by atoms with van der Waals surface area (Å²) in [5.41, 5.74) is 1.41. The van der Waals surface area contributed by atoms with Gasteiger partial charge >= 0.3 is 0 Å². The van der Waals surface area contributed by atoms with Crippen molar-refractivity contribution in [3.8, 4) is 5.75 Å². The molecule has 7 nitrogen and oxygen atoms in total. The summed E-state index contributed by atoms with van der Waals surface area (Å²) < 4.78 is 28.9. The van der Waals surface area contributed by atoms with Crippen LogP contribution in [0.3, 0.4) is 0 Å². The molecule has 2 fully saturated rings. The van der Waals surface area contributed by atoms with Crippen molar-refractivity contribution in [1.29, 1.82) is 0 Å². The standard InChI is InChI=1S/C27H27N3O4S2/c1-34-24-16-11-18-7-5-6-10-22(18)23(24)17-25-26(31)30(20-8-3-2-4-9-20)27(35-25)29-19-12-14-21(15-13-19)36(28,32)33/h5-7,10-17,20H,2-4,8-9H2,1H3,(H2,28,32,33)/b25-17?,29-27-. The number of rotatable bonds is 5. The number of nitrogens with two attached hydrogens (primary N) is 1. The van der Waals surface area contributed by atoms with E-state index in [9.17, 15) is 13.2 Å². The Hall–Kier alpha value is -3.14. The normalized spacial score (nSPS) is 19.5. The Kier molecular flexibility index (Phi) is 6.87. The summed E-state index contributed by atoms with van der Waals surface area (Å²) in [4.78, 5) is 20.9. The minimum Gasteiger partial charge on any atom is -0.496 e. The molecule has 9 heteroatoms.